The van der Waals surface area contributed by atoms with Crippen molar-refractivity contribution in [3.63, 3.8) is 0 Å². The smallest absolute Gasteiger partial charge is 0.341 e. The summed E-state index contributed by atoms with van der Waals surface area (Å²) in [5.41, 5.74) is -0.0366. The molecule has 3 rings (SSSR count). The molecule has 140 valence electrons. The molecule has 7 heteroatoms. The minimum absolute atomic E-state index is 0.115. The second kappa shape index (κ2) is 7.86. The first-order valence-corrected chi connectivity index (χ1v) is 9.09. The van der Waals surface area contributed by atoms with Crippen molar-refractivity contribution < 1.29 is 14.3 Å². The molecular weight excluding hydrogens is 337 g/mol. The van der Waals surface area contributed by atoms with Gasteiger partial charge in [0.25, 0.3) is 0 Å². The summed E-state index contributed by atoms with van der Waals surface area (Å²) in [6.07, 6.45) is 5.18. The summed E-state index contributed by atoms with van der Waals surface area (Å²) in [5.74, 6) is -1.82. The number of hydrogen-bond acceptors (Lipinski definition) is 4. The van der Waals surface area contributed by atoms with Crippen LogP contribution in [-0.4, -0.2) is 35.3 Å². The summed E-state index contributed by atoms with van der Waals surface area (Å²) in [4.78, 5) is 23.7. The van der Waals surface area contributed by atoms with Crippen molar-refractivity contribution in [1.29, 1.82) is 0 Å². The highest BCUT2D eigenvalue weighted by atomic mass is 19.1. The zero-order valence-corrected chi connectivity index (χ0v) is 14.8. The Labute approximate surface area is 151 Å². The molecule has 1 aromatic heterocycles. The molecule has 1 aromatic carbocycles. The quantitative estimate of drug-likeness (QED) is 0.598. The average molecular weight is 361 g/mol. The van der Waals surface area contributed by atoms with Crippen molar-refractivity contribution in [2.75, 3.05) is 25.0 Å². The largest absolute Gasteiger partial charge is 0.477 e. The lowest BCUT2D eigenvalue weighted by molar-refractivity contribution is 0.0695. The molecule has 0 unspecified atom stereocenters. The second-order valence-corrected chi connectivity index (χ2v) is 6.70. The van der Waals surface area contributed by atoms with Gasteiger partial charge < -0.3 is 20.3 Å². The number of pyridine rings is 1. The third-order valence-corrected chi connectivity index (χ3v) is 4.56. The summed E-state index contributed by atoms with van der Waals surface area (Å²) >= 11 is 0. The first-order chi connectivity index (χ1) is 12.5. The third-order valence-electron chi connectivity index (χ3n) is 4.56. The van der Waals surface area contributed by atoms with Gasteiger partial charge in [0.15, 0.2) is 0 Å². The van der Waals surface area contributed by atoms with Gasteiger partial charge in [0.1, 0.15) is 11.4 Å². The van der Waals surface area contributed by atoms with Gasteiger partial charge in [-0.05, 0) is 50.9 Å². The summed E-state index contributed by atoms with van der Waals surface area (Å²) in [7, 11) is 0. The van der Waals surface area contributed by atoms with E-state index in [1.54, 1.807) is 10.6 Å². The number of carboxylic acids is 1. The molecule has 6 nitrogen and oxygen atoms in total. The van der Waals surface area contributed by atoms with Crippen molar-refractivity contribution in [3.8, 4) is 0 Å². The number of anilines is 1. The molecule has 3 N–H and O–H groups in total. The van der Waals surface area contributed by atoms with Crippen molar-refractivity contribution in [2.24, 2.45) is 0 Å². The lowest BCUT2D eigenvalue weighted by Crippen LogP contribution is -2.20. The zero-order valence-electron chi connectivity index (χ0n) is 14.8. The van der Waals surface area contributed by atoms with Crippen molar-refractivity contribution in [2.45, 2.75) is 38.6 Å². The molecule has 1 aliphatic carbocycles. The Morgan fingerprint density at radius 1 is 1.31 bits per heavy atom. The normalized spacial score (nSPS) is 13.9. The summed E-state index contributed by atoms with van der Waals surface area (Å²) in [5, 5.41) is 15.7. The minimum atomic E-state index is -1.28. The Bertz CT molecular complexity index is 874. The van der Waals surface area contributed by atoms with E-state index in [4.69, 9.17) is 0 Å². The lowest BCUT2D eigenvalue weighted by Gasteiger charge is -2.14. The Morgan fingerprint density at radius 3 is 2.73 bits per heavy atom. The number of nitrogens with one attached hydrogen (secondary N) is 2. The lowest BCUT2D eigenvalue weighted by atomic mass is 10.1. The van der Waals surface area contributed by atoms with Crippen molar-refractivity contribution in [1.82, 2.24) is 9.88 Å². The van der Waals surface area contributed by atoms with E-state index < -0.39 is 17.2 Å². The van der Waals surface area contributed by atoms with Crippen LogP contribution in [0.1, 0.15) is 49.0 Å². The van der Waals surface area contributed by atoms with Crippen LogP contribution in [0.2, 0.25) is 0 Å². The number of halogens is 1. The minimum Gasteiger partial charge on any atom is -0.477 e. The molecule has 26 heavy (non-hydrogen) atoms. The van der Waals surface area contributed by atoms with Crippen molar-refractivity contribution in [3.05, 3.63) is 39.9 Å². The number of carboxylic acid groups (broad SMARTS) is 1. The third kappa shape index (κ3) is 3.88. The van der Waals surface area contributed by atoms with E-state index in [-0.39, 0.29) is 17.0 Å². The van der Waals surface area contributed by atoms with Gasteiger partial charge in [-0.2, -0.15) is 0 Å². The molecule has 2 aromatic rings. The van der Waals surface area contributed by atoms with Gasteiger partial charge in [-0.1, -0.05) is 6.92 Å². The van der Waals surface area contributed by atoms with Gasteiger partial charge >= 0.3 is 5.97 Å². The van der Waals surface area contributed by atoms with Gasteiger partial charge in [0, 0.05) is 24.2 Å². The fraction of sp³-hybridized carbons (Fsp3) is 0.474. The number of fused-ring (bicyclic) bond motifs is 1. The van der Waals surface area contributed by atoms with E-state index in [9.17, 15) is 19.1 Å². The molecule has 1 aliphatic rings. The highest BCUT2D eigenvalue weighted by molar-refractivity contribution is 5.93. The van der Waals surface area contributed by atoms with Crippen LogP contribution in [0.15, 0.2) is 23.1 Å². The molecule has 0 bridgehead atoms. The number of hydrogen-bond donors (Lipinski definition) is 3. The van der Waals surface area contributed by atoms with Gasteiger partial charge in [-0.3, -0.25) is 4.79 Å². The topological polar surface area (TPSA) is 83.4 Å². The molecule has 0 aliphatic heterocycles. The maximum absolute atomic E-state index is 14.4. The Kier molecular flexibility index (Phi) is 5.56. The average Bonchev–Trinajstić information content (AvgIpc) is 3.44. The van der Waals surface area contributed by atoms with E-state index in [1.807, 2.05) is 0 Å². The van der Waals surface area contributed by atoms with E-state index in [0.717, 1.165) is 44.8 Å². The van der Waals surface area contributed by atoms with E-state index >= 15 is 0 Å². The molecule has 0 saturated heterocycles. The van der Waals surface area contributed by atoms with Gasteiger partial charge in [-0.25, -0.2) is 9.18 Å². The van der Waals surface area contributed by atoms with Gasteiger partial charge in [-0.15, -0.1) is 0 Å². The SMILES string of the molecule is CCCNCCCNc1cc2c(cc1F)c(=O)c(C(=O)O)cn2C1CC1. The number of rotatable bonds is 9. The number of aromatic carboxylic acids is 1. The highest BCUT2D eigenvalue weighted by Gasteiger charge is 2.27. The zero-order chi connectivity index (χ0) is 18.7. The molecule has 0 spiro atoms. The maximum Gasteiger partial charge on any atom is 0.341 e. The van der Waals surface area contributed by atoms with Crippen LogP contribution in [0.25, 0.3) is 10.9 Å². The molecule has 1 saturated carbocycles. The molecule has 1 heterocycles. The van der Waals surface area contributed by atoms with Crippen LogP contribution in [0, 0.1) is 5.82 Å². The molecule has 0 atom stereocenters. The predicted octanol–water partition coefficient (Wildman–Crippen LogP) is 2.98. The summed E-state index contributed by atoms with van der Waals surface area (Å²) in [6.45, 7) is 4.53. The molecule has 0 radical (unpaired) electrons. The van der Waals surface area contributed by atoms with Crippen molar-refractivity contribution >= 4 is 22.6 Å². The Balaban J connectivity index is 1.89. The van der Waals surface area contributed by atoms with Gasteiger partial charge in [0.05, 0.1) is 11.2 Å². The van der Waals surface area contributed by atoms with Crippen LogP contribution in [-0.2, 0) is 0 Å². The van der Waals surface area contributed by atoms with Crippen LogP contribution in [0.5, 0.6) is 0 Å². The van der Waals surface area contributed by atoms with Crippen LogP contribution < -0.4 is 16.1 Å². The van der Waals surface area contributed by atoms with Crippen LogP contribution >= 0.6 is 0 Å². The monoisotopic (exact) mass is 361 g/mol. The van der Waals surface area contributed by atoms with E-state index in [1.165, 1.54) is 6.20 Å². The molecule has 1 fully saturated rings. The molecule has 0 amide bonds. The Hall–Kier alpha value is -2.41. The predicted molar refractivity (Wildman–Crippen MR) is 99.7 cm³/mol. The van der Waals surface area contributed by atoms with E-state index in [0.29, 0.717) is 17.7 Å². The van der Waals surface area contributed by atoms with E-state index in [2.05, 4.69) is 17.6 Å². The van der Waals surface area contributed by atoms with Crippen LogP contribution in [0.4, 0.5) is 10.1 Å². The fourth-order valence-corrected chi connectivity index (χ4v) is 3.05. The highest BCUT2D eigenvalue weighted by Crippen LogP contribution is 2.37. The second-order valence-electron chi connectivity index (χ2n) is 6.70. The first kappa shape index (κ1) is 18.4. The van der Waals surface area contributed by atoms with Gasteiger partial charge in [0.2, 0.25) is 5.43 Å². The maximum atomic E-state index is 14.4. The molecular formula is C19H24FN3O3. The fourth-order valence-electron chi connectivity index (χ4n) is 3.05. The number of aromatic nitrogens is 1. The number of carbonyl (C=O) groups is 1. The first-order valence-electron chi connectivity index (χ1n) is 9.09. The standard InChI is InChI=1S/C19H24FN3O3/c1-2-6-21-7-3-8-22-16-10-17-13(9-15(16)20)18(24)14(19(25)26)11-23(17)12-4-5-12/h9-12,21-22H,2-8H2,1H3,(H,25,26). The number of nitrogens with zero attached hydrogens (tertiary/aromatic N) is 1. The number of benzene rings is 1. The Morgan fingerprint density at radius 2 is 2.08 bits per heavy atom. The van der Waals surface area contributed by atoms with Crippen LogP contribution in [0.3, 0.4) is 0 Å². The summed E-state index contributed by atoms with van der Waals surface area (Å²) < 4.78 is 16.2. The summed E-state index contributed by atoms with van der Waals surface area (Å²) in [6, 6.07) is 2.95.